The van der Waals surface area contributed by atoms with Gasteiger partial charge in [0.1, 0.15) is 6.29 Å². The van der Waals surface area contributed by atoms with Crippen LogP contribution in [0.4, 0.5) is 0 Å². The molecule has 5 rings (SSSR count). The molecule has 0 atom stereocenters. The lowest BCUT2D eigenvalue weighted by Crippen LogP contribution is -1.97. The van der Waals surface area contributed by atoms with Crippen LogP contribution in [0.25, 0.3) is 44.5 Å². The molecule has 0 aliphatic rings. The first-order valence-electron chi connectivity index (χ1n) is 11.4. The third-order valence-electron chi connectivity index (χ3n) is 6.19. The van der Waals surface area contributed by atoms with Crippen molar-refractivity contribution in [1.29, 1.82) is 0 Å². The summed E-state index contributed by atoms with van der Waals surface area (Å²) in [6.07, 6.45) is 0.846. The average Bonchev–Trinajstić information content (AvgIpc) is 2.93. The number of benzene rings is 5. The van der Waals surface area contributed by atoms with Gasteiger partial charge in [0.25, 0.3) is 10.1 Å². The standard InChI is InChI=1S/C31H22O4S/c32-21-22-1-3-23(4-2-22)24-5-7-25(8-6-24)26-9-11-27(12-10-26)28-13-15-29(16-14-28)30-17-19-31(20-18-30)36(33,34)35/h1-21H,(H,33,34,35). The van der Waals surface area contributed by atoms with Crippen LogP contribution in [0, 0.1) is 0 Å². The molecule has 0 saturated carbocycles. The number of carbonyl (C=O) groups excluding carboxylic acids is 1. The Morgan fingerprint density at radius 3 is 0.861 bits per heavy atom. The van der Waals surface area contributed by atoms with Crippen LogP contribution < -0.4 is 0 Å². The van der Waals surface area contributed by atoms with Crippen molar-refractivity contribution in [2.24, 2.45) is 0 Å². The van der Waals surface area contributed by atoms with E-state index < -0.39 is 10.1 Å². The van der Waals surface area contributed by atoms with Crippen molar-refractivity contribution in [3.05, 3.63) is 127 Å². The Hall–Kier alpha value is -4.32. The van der Waals surface area contributed by atoms with Crippen molar-refractivity contribution in [1.82, 2.24) is 0 Å². The highest BCUT2D eigenvalue weighted by Gasteiger charge is 2.09. The molecule has 1 N–H and O–H groups in total. The van der Waals surface area contributed by atoms with Gasteiger partial charge in [-0.05, 0) is 56.6 Å². The summed E-state index contributed by atoms with van der Waals surface area (Å²) < 4.78 is 31.6. The van der Waals surface area contributed by atoms with Crippen LogP contribution in [0.5, 0.6) is 0 Å². The van der Waals surface area contributed by atoms with Gasteiger partial charge in [-0.2, -0.15) is 8.42 Å². The van der Waals surface area contributed by atoms with E-state index in [0.29, 0.717) is 5.56 Å². The Bertz CT molecular complexity index is 1600. The highest BCUT2D eigenvalue weighted by Crippen LogP contribution is 2.29. The Morgan fingerprint density at radius 2 is 0.639 bits per heavy atom. The first-order valence-corrected chi connectivity index (χ1v) is 12.8. The van der Waals surface area contributed by atoms with E-state index in [1.54, 1.807) is 12.1 Å². The van der Waals surface area contributed by atoms with E-state index in [2.05, 4.69) is 48.5 Å². The van der Waals surface area contributed by atoms with Crippen molar-refractivity contribution in [2.45, 2.75) is 4.90 Å². The van der Waals surface area contributed by atoms with E-state index in [9.17, 15) is 13.2 Å². The second kappa shape index (κ2) is 9.74. The van der Waals surface area contributed by atoms with Crippen molar-refractivity contribution in [3.63, 3.8) is 0 Å². The van der Waals surface area contributed by atoms with Gasteiger partial charge in [-0.25, -0.2) is 0 Å². The van der Waals surface area contributed by atoms with Gasteiger partial charge in [0, 0.05) is 5.56 Å². The summed E-state index contributed by atoms with van der Waals surface area (Å²) in [7, 11) is -4.20. The molecule has 0 heterocycles. The van der Waals surface area contributed by atoms with Crippen LogP contribution in [0.3, 0.4) is 0 Å². The first kappa shape index (κ1) is 23.4. The normalized spacial score (nSPS) is 11.2. The second-order valence-corrected chi connectivity index (χ2v) is 9.89. The molecular weight excluding hydrogens is 468 g/mol. The molecule has 176 valence electrons. The SMILES string of the molecule is O=Cc1ccc(-c2ccc(-c3ccc(-c4ccc(-c5ccc(S(=O)(=O)O)cc5)cc4)cc3)cc2)cc1. The summed E-state index contributed by atoms with van der Waals surface area (Å²) in [4.78, 5) is 10.7. The molecule has 5 aromatic carbocycles. The predicted molar refractivity (Wildman–Crippen MR) is 143 cm³/mol. The smallest absolute Gasteiger partial charge is 0.294 e. The summed E-state index contributed by atoms with van der Waals surface area (Å²) in [5.41, 5.74) is 9.08. The molecule has 0 bridgehead atoms. The van der Waals surface area contributed by atoms with Crippen LogP contribution >= 0.6 is 0 Å². The minimum absolute atomic E-state index is 0.120. The van der Waals surface area contributed by atoms with Gasteiger partial charge in [-0.3, -0.25) is 9.35 Å². The predicted octanol–water partition coefficient (Wildman–Crippen LogP) is 7.41. The third-order valence-corrected chi connectivity index (χ3v) is 7.05. The first-order chi connectivity index (χ1) is 17.4. The van der Waals surface area contributed by atoms with Crippen molar-refractivity contribution < 1.29 is 17.8 Å². The van der Waals surface area contributed by atoms with Gasteiger partial charge in [0.15, 0.2) is 0 Å². The maximum absolute atomic E-state index is 11.2. The van der Waals surface area contributed by atoms with Crippen LogP contribution in [0.15, 0.2) is 126 Å². The molecule has 0 spiro atoms. The van der Waals surface area contributed by atoms with Gasteiger partial charge < -0.3 is 0 Å². The Kier molecular flexibility index (Phi) is 6.34. The number of rotatable bonds is 6. The van der Waals surface area contributed by atoms with E-state index in [1.807, 2.05) is 48.5 Å². The van der Waals surface area contributed by atoms with Crippen LogP contribution in [0.2, 0.25) is 0 Å². The van der Waals surface area contributed by atoms with Gasteiger partial charge in [-0.15, -0.1) is 0 Å². The van der Waals surface area contributed by atoms with Crippen molar-refractivity contribution in [2.75, 3.05) is 0 Å². The van der Waals surface area contributed by atoms with Gasteiger partial charge >= 0.3 is 0 Å². The van der Waals surface area contributed by atoms with E-state index in [1.165, 1.54) is 12.1 Å². The molecule has 0 saturated heterocycles. The second-order valence-electron chi connectivity index (χ2n) is 8.47. The fourth-order valence-corrected chi connectivity index (χ4v) is 4.62. The molecular formula is C31H22O4S. The highest BCUT2D eigenvalue weighted by molar-refractivity contribution is 7.85. The molecule has 0 fully saturated rings. The highest BCUT2D eigenvalue weighted by atomic mass is 32.2. The van der Waals surface area contributed by atoms with Crippen molar-refractivity contribution in [3.8, 4) is 44.5 Å². The lowest BCUT2D eigenvalue weighted by molar-refractivity contribution is 0.112. The molecule has 36 heavy (non-hydrogen) atoms. The zero-order chi connectivity index (χ0) is 25.1. The number of aldehydes is 1. The van der Waals surface area contributed by atoms with Crippen molar-refractivity contribution >= 4 is 16.4 Å². The monoisotopic (exact) mass is 490 g/mol. The fourth-order valence-electron chi connectivity index (χ4n) is 4.14. The number of carbonyl (C=O) groups is 1. The van der Waals surface area contributed by atoms with Crippen LogP contribution in [-0.2, 0) is 10.1 Å². The zero-order valence-electron chi connectivity index (χ0n) is 19.2. The molecule has 5 heteroatoms. The van der Waals surface area contributed by atoms with E-state index in [-0.39, 0.29) is 4.90 Å². The third kappa shape index (κ3) is 5.03. The molecule has 0 unspecified atom stereocenters. The maximum atomic E-state index is 11.2. The molecule has 0 aromatic heterocycles. The molecule has 0 radical (unpaired) electrons. The Morgan fingerprint density at radius 1 is 0.417 bits per heavy atom. The Balaban J connectivity index is 1.31. The summed E-state index contributed by atoms with van der Waals surface area (Å²) in [5.74, 6) is 0. The largest absolute Gasteiger partial charge is 0.298 e. The van der Waals surface area contributed by atoms with Gasteiger partial charge in [0.05, 0.1) is 4.90 Å². The van der Waals surface area contributed by atoms with E-state index >= 15 is 0 Å². The number of hydrogen-bond acceptors (Lipinski definition) is 3. The molecule has 5 aromatic rings. The molecule has 0 amide bonds. The van der Waals surface area contributed by atoms with Gasteiger partial charge in [0.2, 0.25) is 0 Å². The molecule has 4 nitrogen and oxygen atoms in total. The Labute approximate surface area is 210 Å². The quantitative estimate of drug-likeness (QED) is 0.199. The average molecular weight is 491 g/mol. The van der Waals surface area contributed by atoms with E-state index in [0.717, 1.165) is 50.8 Å². The maximum Gasteiger partial charge on any atom is 0.294 e. The van der Waals surface area contributed by atoms with Crippen LogP contribution in [-0.4, -0.2) is 19.3 Å². The minimum Gasteiger partial charge on any atom is -0.298 e. The summed E-state index contributed by atoms with van der Waals surface area (Å²) in [6.45, 7) is 0. The summed E-state index contributed by atoms with van der Waals surface area (Å²) in [6, 6.07) is 38.5. The summed E-state index contributed by atoms with van der Waals surface area (Å²) in [5, 5.41) is 0. The minimum atomic E-state index is -4.20. The molecule has 0 aliphatic heterocycles. The molecule has 0 aliphatic carbocycles. The van der Waals surface area contributed by atoms with Crippen LogP contribution in [0.1, 0.15) is 10.4 Å². The zero-order valence-corrected chi connectivity index (χ0v) is 20.0. The number of hydrogen-bond donors (Lipinski definition) is 1. The fraction of sp³-hybridized carbons (Fsp3) is 0. The van der Waals surface area contributed by atoms with Gasteiger partial charge in [-0.1, -0.05) is 109 Å². The summed E-state index contributed by atoms with van der Waals surface area (Å²) >= 11 is 0. The topological polar surface area (TPSA) is 71.4 Å². The lowest BCUT2D eigenvalue weighted by atomic mass is 9.97. The van der Waals surface area contributed by atoms with E-state index in [4.69, 9.17) is 4.55 Å². The lowest BCUT2D eigenvalue weighted by Gasteiger charge is -2.08.